The summed E-state index contributed by atoms with van der Waals surface area (Å²) >= 11 is 7.43. The number of aliphatic carboxylic acids is 1. The lowest BCUT2D eigenvalue weighted by Gasteiger charge is -2.14. The lowest BCUT2D eigenvalue weighted by Crippen LogP contribution is -2.15. The number of amides is 1. The van der Waals surface area contributed by atoms with Crippen molar-refractivity contribution in [3.63, 3.8) is 0 Å². The first kappa shape index (κ1) is 30.0. The SMILES string of the molecule is Cc1cnc(C=Cc2cccc(C(=O)Nc3cc(CCCS(=O)(=O)c4ccc(Cl)cc4)ccc3OCC(=O)O)c2)s1. The number of hydrogen-bond donors (Lipinski definition) is 2. The summed E-state index contributed by atoms with van der Waals surface area (Å²) in [4.78, 5) is 29.9. The number of nitrogens with one attached hydrogen (secondary N) is 1. The third kappa shape index (κ3) is 8.75. The van der Waals surface area contributed by atoms with Crippen molar-refractivity contribution in [1.82, 2.24) is 4.98 Å². The molecule has 0 atom stereocenters. The van der Waals surface area contributed by atoms with E-state index in [1.807, 2.05) is 25.1 Å². The Balaban J connectivity index is 1.48. The highest BCUT2D eigenvalue weighted by Crippen LogP contribution is 2.28. The van der Waals surface area contributed by atoms with E-state index in [0.717, 1.165) is 21.0 Å². The maximum absolute atomic E-state index is 13.2. The first-order valence-corrected chi connectivity index (χ1v) is 15.4. The van der Waals surface area contributed by atoms with E-state index < -0.39 is 28.3 Å². The van der Waals surface area contributed by atoms with E-state index in [1.165, 1.54) is 24.3 Å². The van der Waals surface area contributed by atoms with Crippen LogP contribution in [0.1, 0.15) is 37.8 Å². The zero-order valence-corrected chi connectivity index (χ0v) is 24.4. The summed E-state index contributed by atoms with van der Waals surface area (Å²) in [7, 11) is -3.49. The fourth-order valence-corrected chi connectivity index (χ4v) is 6.03. The minimum Gasteiger partial charge on any atom is -0.480 e. The summed E-state index contributed by atoms with van der Waals surface area (Å²) in [5.74, 6) is -1.45. The van der Waals surface area contributed by atoms with Gasteiger partial charge in [-0.15, -0.1) is 11.3 Å². The van der Waals surface area contributed by atoms with Gasteiger partial charge in [0.1, 0.15) is 10.8 Å². The lowest BCUT2D eigenvalue weighted by atomic mass is 10.1. The van der Waals surface area contributed by atoms with E-state index in [1.54, 1.807) is 53.9 Å². The lowest BCUT2D eigenvalue weighted by molar-refractivity contribution is -0.139. The summed E-state index contributed by atoms with van der Waals surface area (Å²) in [5, 5.41) is 13.2. The van der Waals surface area contributed by atoms with E-state index in [4.69, 9.17) is 21.4 Å². The van der Waals surface area contributed by atoms with Crippen LogP contribution in [0.5, 0.6) is 5.75 Å². The number of carbonyl (C=O) groups excluding carboxylic acids is 1. The van der Waals surface area contributed by atoms with Gasteiger partial charge in [-0.25, -0.2) is 18.2 Å². The molecule has 0 unspecified atom stereocenters. The molecule has 3 aromatic carbocycles. The quantitative estimate of drug-likeness (QED) is 0.190. The summed E-state index contributed by atoms with van der Waals surface area (Å²) < 4.78 is 30.7. The van der Waals surface area contributed by atoms with Gasteiger partial charge < -0.3 is 15.2 Å². The highest BCUT2D eigenvalue weighted by molar-refractivity contribution is 7.91. The average molecular weight is 611 g/mol. The maximum atomic E-state index is 13.2. The molecule has 0 saturated heterocycles. The summed E-state index contributed by atoms with van der Waals surface area (Å²) in [6.45, 7) is 1.39. The number of halogens is 1. The van der Waals surface area contributed by atoms with Crippen LogP contribution in [0, 0.1) is 6.92 Å². The highest BCUT2D eigenvalue weighted by atomic mass is 35.5. The van der Waals surface area contributed by atoms with Crippen molar-refractivity contribution in [2.45, 2.75) is 24.7 Å². The molecule has 4 aromatic rings. The second-order valence-electron chi connectivity index (χ2n) is 9.11. The fraction of sp³-hybridized carbons (Fsp3) is 0.167. The van der Waals surface area contributed by atoms with Gasteiger partial charge in [0.05, 0.1) is 16.3 Å². The molecule has 41 heavy (non-hydrogen) atoms. The van der Waals surface area contributed by atoms with Crippen molar-refractivity contribution >= 4 is 62.5 Å². The van der Waals surface area contributed by atoms with Crippen LogP contribution >= 0.6 is 22.9 Å². The molecule has 11 heteroatoms. The number of aryl methyl sites for hydroxylation is 2. The maximum Gasteiger partial charge on any atom is 0.341 e. The number of ether oxygens (including phenoxy) is 1. The summed E-state index contributed by atoms with van der Waals surface area (Å²) in [5.41, 5.74) is 2.24. The Morgan fingerprint density at radius 3 is 2.56 bits per heavy atom. The Labute approximate surface area is 247 Å². The number of carboxylic acid groups (broad SMARTS) is 1. The standard InChI is InChI=1S/C30H27ClN2O6S2/c1-20-18-32-28(40-20)14-8-21-4-2-6-23(16-21)30(36)33-26-17-22(7-13-27(26)39-19-29(34)35)5-3-15-41(37,38)25-11-9-24(31)10-12-25/h2,4,6-14,16-18H,3,5,15,19H2,1H3,(H,33,36)(H,34,35). The first-order chi connectivity index (χ1) is 19.6. The molecule has 2 N–H and O–H groups in total. The van der Waals surface area contributed by atoms with Crippen LogP contribution in [-0.2, 0) is 21.1 Å². The molecule has 1 aromatic heterocycles. The normalized spacial score (nSPS) is 11.5. The molecular formula is C30H27ClN2O6S2. The molecular weight excluding hydrogens is 584 g/mol. The van der Waals surface area contributed by atoms with Gasteiger partial charge in [-0.2, -0.15) is 0 Å². The predicted molar refractivity (Wildman–Crippen MR) is 162 cm³/mol. The second kappa shape index (κ2) is 13.6. The number of sulfone groups is 1. The van der Waals surface area contributed by atoms with Crippen molar-refractivity contribution in [1.29, 1.82) is 0 Å². The van der Waals surface area contributed by atoms with Gasteiger partial charge in [0.25, 0.3) is 5.91 Å². The van der Waals surface area contributed by atoms with E-state index in [9.17, 15) is 18.0 Å². The van der Waals surface area contributed by atoms with Gasteiger partial charge in [0.2, 0.25) is 0 Å². The topological polar surface area (TPSA) is 123 Å². The molecule has 0 saturated carbocycles. The molecule has 0 aliphatic carbocycles. The molecule has 4 rings (SSSR count). The number of nitrogens with zero attached hydrogens (tertiary/aromatic N) is 1. The molecule has 0 bridgehead atoms. The Kier molecular flexibility index (Phi) is 9.93. The van der Waals surface area contributed by atoms with Crippen LogP contribution in [0.2, 0.25) is 5.02 Å². The van der Waals surface area contributed by atoms with Crippen LogP contribution in [0.25, 0.3) is 12.2 Å². The zero-order valence-electron chi connectivity index (χ0n) is 22.0. The molecule has 212 valence electrons. The third-order valence-corrected chi connectivity index (χ3v) is 8.85. The van der Waals surface area contributed by atoms with Crippen molar-refractivity contribution in [3.05, 3.63) is 105 Å². The molecule has 0 fully saturated rings. The second-order valence-corrected chi connectivity index (χ2v) is 12.9. The van der Waals surface area contributed by atoms with Crippen LogP contribution < -0.4 is 10.1 Å². The zero-order chi connectivity index (χ0) is 29.4. The van der Waals surface area contributed by atoms with Crippen molar-refractivity contribution in [3.8, 4) is 5.75 Å². The molecule has 0 aliphatic rings. The molecule has 1 heterocycles. The number of carboxylic acids is 1. The van der Waals surface area contributed by atoms with Crippen molar-refractivity contribution in [2.75, 3.05) is 17.7 Å². The highest BCUT2D eigenvalue weighted by Gasteiger charge is 2.16. The minimum absolute atomic E-state index is 0.0749. The van der Waals surface area contributed by atoms with Gasteiger partial charge in [0.15, 0.2) is 16.4 Å². The molecule has 0 radical (unpaired) electrons. The summed E-state index contributed by atoms with van der Waals surface area (Å²) in [6.07, 6.45) is 6.29. The summed E-state index contributed by atoms with van der Waals surface area (Å²) in [6, 6.07) is 18.0. The molecule has 0 aliphatic heterocycles. The van der Waals surface area contributed by atoms with Crippen molar-refractivity contribution in [2.24, 2.45) is 0 Å². The average Bonchev–Trinajstić information content (AvgIpc) is 3.36. The smallest absolute Gasteiger partial charge is 0.341 e. The third-order valence-electron chi connectivity index (χ3n) is 5.90. The number of hydrogen-bond acceptors (Lipinski definition) is 7. The fourth-order valence-electron chi connectivity index (χ4n) is 3.92. The number of rotatable bonds is 12. The number of benzene rings is 3. The number of aromatic nitrogens is 1. The van der Waals surface area contributed by atoms with Gasteiger partial charge in [-0.3, -0.25) is 4.79 Å². The van der Waals surface area contributed by atoms with Crippen LogP contribution in [0.3, 0.4) is 0 Å². The van der Waals surface area contributed by atoms with E-state index in [0.29, 0.717) is 23.4 Å². The van der Waals surface area contributed by atoms with Crippen LogP contribution in [0.4, 0.5) is 5.69 Å². The van der Waals surface area contributed by atoms with Crippen LogP contribution in [0.15, 0.2) is 77.8 Å². The monoisotopic (exact) mass is 610 g/mol. The van der Waals surface area contributed by atoms with Crippen LogP contribution in [-0.4, -0.2) is 42.7 Å². The Morgan fingerprint density at radius 1 is 1.07 bits per heavy atom. The predicted octanol–water partition coefficient (Wildman–Crippen LogP) is 6.40. The van der Waals surface area contributed by atoms with E-state index in [2.05, 4.69) is 10.3 Å². The number of carbonyl (C=O) groups is 2. The van der Waals surface area contributed by atoms with Gasteiger partial charge in [0, 0.05) is 21.7 Å². The Hall–Kier alpha value is -3.99. The van der Waals surface area contributed by atoms with Gasteiger partial charge in [-0.05, 0) is 85.5 Å². The minimum atomic E-state index is -3.49. The Bertz CT molecular complexity index is 1680. The number of anilines is 1. The molecule has 0 spiro atoms. The van der Waals surface area contributed by atoms with E-state index in [-0.39, 0.29) is 22.1 Å². The van der Waals surface area contributed by atoms with E-state index >= 15 is 0 Å². The van der Waals surface area contributed by atoms with Gasteiger partial charge in [-0.1, -0.05) is 35.9 Å². The molecule has 8 nitrogen and oxygen atoms in total. The largest absolute Gasteiger partial charge is 0.480 e. The van der Waals surface area contributed by atoms with Gasteiger partial charge >= 0.3 is 5.97 Å². The van der Waals surface area contributed by atoms with Crippen molar-refractivity contribution < 1.29 is 27.9 Å². The first-order valence-electron chi connectivity index (χ1n) is 12.6. The number of thiazole rings is 1. The molecule has 1 amide bonds. The Morgan fingerprint density at radius 2 is 1.85 bits per heavy atom.